The molecule has 0 aromatic heterocycles. The Morgan fingerprint density at radius 1 is 1.04 bits per heavy atom. The van der Waals surface area contributed by atoms with E-state index >= 15 is 0 Å². The van der Waals surface area contributed by atoms with E-state index in [1.54, 1.807) is 6.92 Å². The zero-order valence-corrected chi connectivity index (χ0v) is 13.9. The minimum atomic E-state index is -0.577. The Bertz CT molecular complexity index is 666. The van der Waals surface area contributed by atoms with Gasteiger partial charge >= 0.3 is 0 Å². The van der Waals surface area contributed by atoms with Gasteiger partial charge in [-0.3, -0.25) is 4.79 Å². The topological polar surface area (TPSA) is 47.6 Å². The van der Waals surface area contributed by atoms with E-state index in [9.17, 15) is 4.79 Å². The number of carbonyl (C=O) groups is 1. The Morgan fingerprint density at radius 3 is 2.50 bits per heavy atom. The maximum absolute atomic E-state index is 12.3. The Hall–Kier alpha value is -2.49. The largest absolute Gasteiger partial charge is 0.490 e. The Balaban J connectivity index is 1.57. The van der Waals surface area contributed by atoms with Gasteiger partial charge in [0.15, 0.2) is 6.10 Å². The lowest BCUT2D eigenvalue weighted by Crippen LogP contribution is -2.30. The molecule has 4 nitrogen and oxygen atoms in total. The molecule has 1 unspecified atom stereocenters. The lowest BCUT2D eigenvalue weighted by atomic mass is 10.2. The molecule has 0 aliphatic heterocycles. The number of hydrogen-bond donors (Lipinski definition) is 1. The fourth-order valence-corrected chi connectivity index (χ4v) is 2.85. The van der Waals surface area contributed by atoms with E-state index in [2.05, 4.69) is 5.32 Å². The molecule has 0 heterocycles. The second kappa shape index (κ2) is 7.86. The summed E-state index contributed by atoms with van der Waals surface area (Å²) < 4.78 is 11.6. The fraction of sp³-hybridized carbons (Fsp3) is 0.350. The van der Waals surface area contributed by atoms with Crippen molar-refractivity contribution in [3.63, 3.8) is 0 Å². The molecule has 1 N–H and O–H groups in total. The summed E-state index contributed by atoms with van der Waals surface area (Å²) in [6.45, 7) is 1.74. The number of para-hydroxylation sites is 1. The second-order valence-electron chi connectivity index (χ2n) is 6.11. The molecule has 1 fully saturated rings. The van der Waals surface area contributed by atoms with Crippen molar-refractivity contribution in [2.24, 2.45) is 0 Å². The van der Waals surface area contributed by atoms with Crippen LogP contribution in [0.3, 0.4) is 0 Å². The van der Waals surface area contributed by atoms with Crippen molar-refractivity contribution in [1.29, 1.82) is 0 Å². The Labute approximate surface area is 142 Å². The Morgan fingerprint density at radius 2 is 1.75 bits per heavy atom. The highest BCUT2D eigenvalue weighted by atomic mass is 16.5. The van der Waals surface area contributed by atoms with Crippen LogP contribution in [-0.4, -0.2) is 18.1 Å². The molecule has 1 saturated carbocycles. The SMILES string of the molecule is CC(Oc1ccccc1)C(=O)Nc1cccc(OC2CCCC2)c1. The van der Waals surface area contributed by atoms with E-state index in [4.69, 9.17) is 9.47 Å². The highest BCUT2D eigenvalue weighted by Crippen LogP contribution is 2.26. The molecule has 0 radical (unpaired) electrons. The molecule has 1 amide bonds. The lowest BCUT2D eigenvalue weighted by Gasteiger charge is -2.16. The molecule has 24 heavy (non-hydrogen) atoms. The molecule has 126 valence electrons. The van der Waals surface area contributed by atoms with Gasteiger partial charge in [-0.15, -0.1) is 0 Å². The van der Waals surface area contributed by atoms with Crippen LogP contribution in [0.25, 0.3) is 0 Å². The molecule has 1 aliphatic carbocycles. The van der Waals surface area contributed by atoms with Crippen molar-refractivity contribution in [3.8, 4) is 11.5 Å². The number of nitrogens with one attached hydrogen (secondary N) is 1. The predicted octanol–water partition coefficient (Wildman–Crippen LogP) is 4.41. The number of hydrogen-bond acceptors (Lipinski definition) is 3. The van der Waals surface area contributed by atoms with E-state index in [1.165, 1.54) is 12.8 Å². The van der Waals surface area contributed by atoms with Crippen LogP contribution in [0.15, 0.2) is 54.6 Å². The van der Waals surface area contributed by atoms with Gasteiger partial charge in [0, 0.05) is 11.8 Å². The van der Waals surface area contributed by atoms with Crippen LogP contribution in [0.5, 0.6) is 11.5 Å². The van der Waals surface area contributed by atoms with E-state index in [0.29, 0.717) is 11.9 Å². The summed E-state index contributed by atoms with van der Waals surface area (Å²) >= 11 is 0. The quantitative estimate of drug-likeness (QED) is 0.855. The molecular weight excluding hydrogens is 302 g/mol. The number of anilines is 1. The van der Waals surface area contributed by atoms with Crippen molar-refractivity contribution in [2.45, 2.75) is 44.8 Å². The average molecular weight is 325 g/mol. The predicted molar refractivity (Wildman–Crippen MR) is 94.5 cm³/mol. The summed E-state index contributed by atoms with van der Waals surface area (Å²) in [7, 11) is 0. The minimum absolute atomic E-state index is 0.183. The van der Waals surface area contributed by atoms with Gasteiger partial charge in [-0.05, 0) is 56.9 Å². The van der Waals surface area contributed by atoms with Crippen LogP contribution in [0.1, 0.15) is 32.6 Å². The summed E-state index contributed by atoms with van der Waals surface area (Å²) in [4.78, 5) is 12.3. The highest BCUT2D eigenvalue weighted by Gasteiger charge is 2.18. The van der Waals surface area contributed by atoms with Crippen LogP contribution < -0.4 is 14.8 Å². The van der Waals surface area contributed by atoms with Gasteiger partial charge in [-0.2, -0.15) is 0 Å². The highest BCUT2D eigenvalue weighted by molar-refractivity contribution is 5.94. The molecule has 0 saturated heterocycles. The first-order chi connectivity index (χ1) is 11.7. The standard InChI is InChI=1S/C20H23NO3/c1-15(23-17-9-3-2-4-10-17)20(22)21-16-8-7-13-19(14-16)24-18-11-5-6-12-18/h2-4,7-10,13-15,18H,5-6,11-12H2,1H3,(H,21,22). The zero-order valence-electron chi connectivity index (χ0n) is 13.9. The normalized spacial score (nSPS) is 15.7. The first-order valence-electron chi connectivity index (χ1n) is 8.50. The summed E-state index contributed by atoms with van der Waals surface area (Å²) in [6.07, 6.45) is 4.41. The summed E-state index contributed by atoms with van der Waals surface area (Å²) in [5.41, 5.74) is 0.721. The average Bonchev–Trinajstić information content (AvgIpc) is 3.09. The van der Waals surface area contributed by atoms with Gasteiger partial charge in [0.1, 0.15) is 11.5 Å². The van der Waals surface area contributed by atoms with Crippen molar-refractivity contribution in [1.82, 2.24) is 0 Å². The lowest BCUT2D eigenvalue weighted by molar-refractivity contribution is -0.122. The molecule has 4 heteroatoms. The summed E-state index contributed by atoms with van der Waals surface area (Å²) in [5.74, 6) is 1.30. The van der Waals surface area contributed by atoms with E-state index in [0.717, 1.165) is 24.3 Å². The van der Waals surface area contributed by atoms with Crippen LogP contribution in [0, 0.1) is 0 Å². The zero-order chi connectivity index (χ0) is 16.8. The number of ether oxygens (including phenoxy) is 2. The van der Waals surface area contributed by atoms with E-state index in [-0.39, 0.29) is 5.91 Å². The third-order valence-electron chi connectivity index (χ3n) is 4.13. The number of rotatable bonds is 6. The summed E-state index contributed by atoms with van der Waals surface area (Å²) in [6, 6.07) is 16.9. The van der Waals surface area contributed by atoms with Crippen LogP contribution in [0.2, 0.25) is 0 Å². The maximum atomic E-state index is 12.3. The Kier molecular flexibility index (Phi) is 5.36. The van der Waals surface area contributed by atoms with Crippen molar-refractivity contribution < 1.29 is 14.3 Å². The maximum Gasteiger partial charge on any atom is 0.265 e. The van der Waals surface area contributed by atoms with E-state index < -0.39 is 6.10 Å². The first-order valence-corrected chi connectivity index (χ1v) is 8.50. The van der Waals surface area contributed by atoms with Crippen molar-refractivity contribution in [3.05, 3.63) is 54.6 Å². The van der Waals surface area contributed by atoms with Gasteiger partial charge in [-0.1, -0.05) is 24.3 Å². The number of benzene rings is 2. The molecule has 0 spiro atoms. The molecule has 1 aliphatic rings. The second-order valence-corrected chi connectivity index (χ2v) is 6.11. The van der Waals surface area contributed by atoms with Gasteiger partial charge in [-0.25, -0.2) is 0 Å². The van der Waals surface area contributed by atoms with E-state index in [1.807, 2.05) is 54.6 Å². The van der Waals surface area contributed by atoms with Gasteiger partial charge in [0.05, 0.1) is 6.10 Å². The minimum Gasteiger partial charge on any atom is -0.490 e. The smallest absolute Gasteiger partial charge is 0.265 e. The van der Waals surface area contributed by atoms with Gasteiger partial charge in [0.25, 0.3) is 5.91 Å². The molecule has 1 atom stereocenters. The van der Waals surface area contributed by atoms with Crippen molar-refractivity contribution in [2.75, 3.05) is 5.32 Å². The van der Waals surface area contributed by atoms with Gasteiger partial charge < -0.3 is 14.8 Å². The third kappa shape index (κ3) is 4.51. The monoisotopic (exact) mass is 325 g/mol. The van der Waals surface area contributed by atoms with Crippen LogP contribution in [-0.2, 0) is 4.79 Å². The first kappa shape index (κ1) is 16.4. The molecule has 2 aromatic rings. The summed E-state index contributed by atoms with van der Waals surface area (Å²) in [5, 5.41) is 2.88. The third-order valence-corrected chi connectivity index (χ3v) is 4.13. The van der Waals surface area contributed by atoms with Crippen LogP contribution in [0.4, 0.5) is 5.69 Å². The molecule has 3 rings (SSSR count). The fourth-order valence-electron chi connectivity index (χ4n) is 2.85. The van der Waals surface area contributed by atoms with Crippen LogP contribution >= 0.6 is 0 Å². The molecular formula is C20H23NO3. The molecule has 0 bridgehead atoms. The van der Waals surface area contributed by atoms with Gasteiger partial charge in [0.2, 0.25) is 0 Å². The number of amides is 1. The molecule has 2 aromatic carbocycles. The number of carbonyl (C=O) groups excluding carboxylic acids is 1. The van der Waals surface area contributed by atoms with Crippen molar-refractivity contribution >= 4 is 11.6 Å².